The van der Waals surface area contributed by atoms with Crippen molar-refractivity contribution in [1.29, 1.82) is 5.26 Å². The van der Waals surface area contributed by atoms with Gasteiger partial charge in [0, 0.05) is 24.8 Å². The largest absolute Gasteiger partial charge is 0.418 e. The maximum Gasteiger partial charge on any atom is 0.418 e. The minimum Gasteiger partial charge on any atom is -0.373 e. The van der Waals surface area contributed by atoms with E-state index in [4.69, 9.17) is 5.26 Å². The number of nitrogens with zero attached hydrogens (tertiary/aromatic N) is 2. The molecule has 0 aliphatic rings. The number of carbonyl (C=O) groups excluding carboxylic acids is 1. The fraction of sp³-hybridized carbons (Fsp3) is 0.333. The molecule has 0 saturated heterocycles. The van der Waals surface area contributed by atoms with Crippen LogP contribution in [0.4, 0.5) is 18.9 Å². The molecule has 0 spiro atoms. The lowest BCUT2D eigenvalue weighted by Crippen LogP contribution is -2.22. The smallest absolute Gasteiger partial charge is 0.373 e. The van der Waals surface area contributed by atoms with Crippen molar-refractivity contribution in [3.05, 3.63) is 29.3 Å². The molecular weight excluding hydrogens is 245 g/mol. The maximum absolute atomic E-state index is 12.8. The van der Waals surface area contributed by atoms with Crippen LogP contribution in [-0.4, -0.2) is 19.9 Å². The van der Waals surface area contributed by atoms with E-state index in [0.29, 0.717) is 6.29 Å². The minimum absolute atomic E-state index is 0.0280. The fourth-order valence-electron chi connectivity index (χ4n) is 1.53. The molecule has 0 bridgehead atoms. The monoisotopic (exact) mass is 256 g/mol. The van der Waals surface area contributed by atoms with Crippen molar-refractivity contribution in [2.24, 2.45) is 0 Å². The summed E-state index contributed by atoms with van der Waals surface area (Å²) in [5, 5.41) is 8.43. The Morgan fingerprint density at radius 2 is 2.11 bits per heavy atom. The van der Waals surface area contributed by atoms with E-state index >= 15 is 0 Å². The number of anilines is 1. The molecule has 3 nitrogen and oxygen atoms in total. The molecule has 0 heterocycles. The Kier molecular flexibility index (Phi) is 4.32. The first-order valence-corrected chi connectivity index (χ1v) is 5.14. The van der Waals surface area contributed by atoms with Gasteiger partial charge in [-0.25, -0.2) is 0 Å². The van der Waals surface area contributed by atoms with Crippen molar-refractivity contribution in [3.63, 3.8) is 0 Å². The van der Waals surface area contributed by atoms with E-state index in [2.05, 4.69) is 0 Å². The zero-order valence-corrected chi connectivity index (χ0v) is 9.66. The second-order valence-electron chi connectivity index (χ2n) is 3.72. The van der Waals surface area contributed by atoms with E-state index in [9.17, 15) is 18.0 Å². The van der Waals surface area contributed by atoms with Crippen molar-refractivity contribution in [2.45, 2.75) is 12.6 Å². The Morgan fingerprint density at radius 3 is 2.61 bits per heavy atom. The van der Waals surface area contributed by atoms with E-state index in [1.54, 1.807) is 0 Å². The third-order valence-electron chi connectivity index (χ3n) is 2.43. The number of alkyl halides is 3. The van der Waals surface area contributed by atoms with Gasteiger partial charge in [0.15, 0.2) is 0 Å². The molecule has 0 atom stereocenters. The van der Waals surface area contributed by atoms with Gasteiger partial charge in [0.25, 0.3) is 0 Å². The number of hydrogen-bond donors (Lipinski definition) is 0. The molecule has 0 unspecified atom stereocenters. The third-order valence-corrected chi connectivity index (χ3v) is 2.43. The predicted octanol–water partition coefficient (Wildman–Crippen LogP) is 2.87. The van der Waals surface area contributed by atoms with E-state index in [0.717, 1.165) is 6.07 Å². The lowest BCUT2D eigenvalue weighted by Gasteiger charge is -2.22. The van der Waals surface area contributed by atoms with Crippen LogP contribution in [0.3, 0.4) is 0 Å². The summed E-state index contributed by atoms with van der Waals surface area (Å²) < 4.78 is 38.5. The average Bonchev–Trinajstić information content (AvgIpc) is 2.34. The van der Waals surface area contributed by atoms with Crippen molar-refractivity contribution < 1.29 is 18.0 Å². The van der Waals surface area contributed by atoms with Gasteiger partial charge in [-0.05, 0) is 18.2 Å². The summed E-state index contributed by atoms with van der Waals surface area (Å²) >= 11 is 0. The summed E-state index contributed by atoms with van der Waals surface area (Å²) in [5.41, 5.74) is -0.935. The van der Waals surface area contributed by atoms with Crippen LogP contribution in [0, 0.1) is 11.3 Å². The minimum atomic E-state index is -4.53. The summed E-state index contributed by atoms with van der Waals surface area (Å²) in [7, 11) is 1.47. The molecule has 0 fully saturated rings. The summed E-state index contributed by atoms with van der Waals surface area (Å²) in [4.78, 5) is 11.9. The molecule has 1 aromatic rings. The first kappa shape index (κ1) is 14.0. The van der Waals surface area contributed by atoms with Crippen LogP contribution in [0.5, 0.6) is 0 Å². The highest BCUT2D eigenvalue weighted by Crippen LogP contribution is 2.36. The molecule has 0 radical (unpaired) electrons. The van der Waals surface area contributed by atoms with Gasteiger partial charge in [0.1, 0.15) is 6.29 Å². The van der Waals surface area contributed by atoms with E-state index < -0.39 is 11.7 Å². The van der Waals surface area contributed by atoms with Gasteiger partial charge in [-0.1, -0.05) is 0 Å². The first-order chi connectivity index (χ1) is 8.40. The first-order valence-electron chi connectivity index (χ1n) is 5.14. The van der Waals surface area contributed by atoms with E-state index in [1.807, 2.05) is 6.07 Å². The molecule has 18 heavy (non-hydrogen) atoms. The molecule has 0 aliphatic carbocycles. The zero-order valence-electron chi connectivity index (χ0n) is 9.66. The number of hydrogen-bond acceptors (Lipinski definition) is 3. The quantitative estimate of drug-likeness (QED) is 0.778. The van der Waals surface area contributed by atoms with Gasteiger partial charge in [0.2, 0.25) is 0 Å². The Bertz CT molecular complexity index is 477. The van der Waals surface area contributed by atoms with Gasteiger partial charge < -0.3 is 4.90 Å². The van der Waals surface area contributed by atoms with Crippen LogP contribution in [0.15, 0.2) is 18.2 Å². The highest BCUT2D eigenvalue weighted by Gasteiger charge is 2.34. The molecule has 1 rings (SSSR count). The van der Waals surface area contributed by atoms with Crippen molar-refractivity contribution in [3.8, 4) is 6.07 Å². The summed E-state index contributed by atoms with van der Waals surface area (Å²) in [6.07, 6.45) is -4.03. The normalized spacial score (nSPS) is 10.8. The topological polar surface area (TPSA) is 44.1 Å². The van der Waals surface area contributed by atoms with Crippen LogP contribution in [-0.2, 0) is 6.18 Å². The van der Waals surface area contributed by atoms with Crippen LogP contribution >= 0.6 is 0 Å². The summed E-state index contributed by atoms with van der Waals surface area (Å²) in [6, 6.07) is 5.24. The molecule has 0 aromatic heterocycles. The molecule has 6 heteroatoms. The van der Waals surface area contributed by atoms with Crippen LogP contribution in [0.2, 0.25) is 0 Å². The highest BCUT2D eigenvalue weighted by atomic mass is 19.4. The second kappa shape index (κ2) is 5.54. The zero-order chi connectivity index (χ0) is 13.8. The van der Waals surface area contributed by atoms with Crippen molar-refractivity contribution in [2.75, 3.05) is 18.5 Å². The number of carbonyl (C=O) groups is 1. The van der Waals surface area contributed by atoms with E-state index in [-0.39, 0.29) is 24.2 Å². The van der Waals surface area contributed by atoms with Gasteiger partial charge in [0.05, 0.1) is 18.1 Å². The standard InChI is InChI=1S/C12H11F3N2O/c1-17(6-2-5-16)11-4-3-9(8-18)7-10(11)12(13,14)15/h3-4,7-8H,2,6H2,1H3. The number of halogens is 3. The van der Waals surface area contributed by atoms with Crippen molar-refractivity contribution >= 4 is 12.0 Å². The average molecular weight is 256 g/mol. The number of aldehydes is 1. The molecule has 96 valence electrons. The number of nitriles is 1. The predicted molar refractivity (Wildman–Crippen MR) is 60.3 cm³/mol. The Morgan fingerprint density at radius 1 is 1.44 bits per heavy atom. The Hall–Kier alpha value is -2.03. The highest BCUT2D eigenvalue weighted by molar-refractivity contribution is 5.77. The van der Waals surface area contributed by atoms with Gasteiger partial charge in [-0.3, -0.25) is 4.79 Å². The lowest BCUT2D eigenvalue weighted by atomic mass is 10.1. The van der Waals surface area contributed by atoms with E-state index in [1.165, 1.54) is 24.1 Å². The molecular formula is C12H11F3N2O. The van der Waals surface area contributed by atoms with Crippen molar-refractivity contribution in [1.82, 2.24) is 0 Å². The number of rotatable bonds is 4. The molecule has 1 aromatic carbocycles. The fourth-order valence-corrected chi connectivity index (χ4v) is 1.53. The van der Waals surface area contributed by atoms with Gasteiger partial charge in [-0.2, -0.15) is 18.4 Å². The molecule has 0 N–H and O–H groups in total. The van der Waals surface area contributed by atoms with Gasteiger partial charge in [-0.15, -0.1) is 0 Å². The number of benzene rings is 1. The Labute approximate surface area is 102 Å². The summed E-state index contributed by atoms with van der Waals surface area (Å²) in [6.45, 7) is 0.194. The molecule has 0 amide bonds. The van der Waals surface area contributed by atoms with Crippen LogP contribution in [0.25, 0.3) is 0 Å². The van der Waals surface area contributed by atoms with Crippen LogP contribution < -0.4 is 4.90 Å². The third kappa shape index (κ3) is 3.23. The van der Waals surface area contributed by atoms with Gasteiger partial charge >= 0.3 is 6.18 Å². The molecule has 0 saturated carbocycles. The Balaban J connectivity index is 3.18. The molecule has 0 aliphatic heterocycles. The maximum atomic E-state index is 12.8. The lowest BCUT2D eigenvalue weighted by molar-refractivity contribution is -0.137. The SMILES string of the molecule is CN(CCC#N)c1ccc(C=O)cc1C(F)(F)F. The summed E-state index contributed by atoms with van der Waals surface area (Å²) in [5.74, 6) is 0. The second-order valence-corrected chi connectivity index (χ2v) is 3.72. The van der Waals surface area contributed by atoms with Crippen LogP contribution in [0.1, 0.15) is 22.3 Å².